The lowest BCUT2D eigenvalue weighted by atomic mass is 10.3. The van der Waals surface area contributed by atoms with Gasteiger partial charge in [-0.15, -0.1) is 0 Å². The highest BCUT2D eigenvalue weighted by atomic mass is 16.3. The fourth-order valence-electron chi connectivity index (χ4n) is 3.56. The summed E-state index contributed by atoms with van der Waals surface area (Å²) in [5.74, 6) is 0.378. The first kappa shape index (κ1) is 18.8. The van der Waals surface area contributed by atoms with E-state index in [1.54, 1.807) is 16.8 Å². The Hall–Kier alpha value is -3.25. The minimum Gasteiger partial charge on any atom is -0.493 e. The average molecular weight is 412 g/mol. The Labute approximate surface area is 170 Å². The number of hydrogen-bond donors (Lipinski definition) is 4. The normalized spacial score (nSPS) is 19.3. The molecule has 12 nitrogen and oxygen atoms in total. The van der Waals surface area contributed by atoms with Crippen LogP contribution in [0.5, 0.6) is 5.88 Å². The minimum absolute atomic E-state index is 0.229. The monoisotopic (exact) mass is 412 g/mol. The number of aromatic amines is 2. The molecular formula is C18H24N10O2. The number of imidazole rings is 1. The molecule has 158 valence electrons. The molecule has 1 aliphatic heterocycles. The largest absolute Gasteiger partial charge is 0.493 e. The molecule has 0 unspecified atom stereocenters. The molecule has 0 amide bonds. The van der Waals surface area contributed by atoms with Gasteiger partial charge in [0.2, 0.25) is 11.8 Å². The average Bonchev–Trinajstić information content (AvgIpc) is 3.37. The van der Waals surface area contributed by atoms with Gasteiger partial charge in [0.25, 0.3) is 5.62 Å². The molecule has 1 saturated heterocycles. The fraction of sp³-hybridized carbons (Fsp3) is 0.500. The minimum atomic E-state index is -0.481. The van der Waals surface area contributed by atoms with E-state index in [4.69, 9.17) is 20.7 Å². The van der Waals surface area contributed by atoms with Crippen LogP contribution in [-0.4, -0.2) is 84.9 Å². The lowest BCUT2D eigenvalue weighted by Crippen LogP contribution is -2.48. The van der Waals surface area contributed by atoms with Crippen molar-refractivity contribution >= 4 is 17.7 Å². The maximum absolute atomic E-state index is 11.4. The van der Waals surface area contributed by atoms with E-state index in [-0.39, 0.29) is 17.6 Å². The molecule has 0 bridgehead atoms. The van der Waals surface area contributed by atoms with Crippen molar-refractivity contribution < 1.29 is 5.11 Å². The summed E-state index contributed by atoms with van der Waals surface area (Å²) in [5.41, 5.74) is 6.56. The van der Waals surface area contributed by atoms with Crippen LogP contribution in [0.2, 0.25) is 0 Å². The Kier molecular flexibility index (Phi) is 4.71. The zero-order valence-electron chi connectivity index (χ0n) is 16.5. The molecule has 1 aliphatic carbocycles. The number of H-pyrrole nitrogens is 2. The predicted molar refractivity (Wildman–Crippen MR) is 109 cm³/mol. The third-order valence-electron chi connectivity index (χ3n) is 5.35. The molecule has 3 aromatic rings. The lowest BCUT2D eigenvalue weighted by Gasteiger charge is -2.34. The Bertz CT molecular complexity index is 1230. The number of fused-ring (bicyclic) bond motifs is 1. The first-order chi connectivity index (χ1) is 14.6. The number of nitrogens with one attached hydrogen (secondary N) is 2. The SMILES string of the molecule is NCCN1CCN(c2nc(=NC3CC3)n3ncc(=Cc4[nH]c(=O)[nH]c4O)c3n2)CC1. The molecule has 4 heterocycles. The Morgan fingerprint density at radius 2 is 2.03 bits per heavy atom. The third-order valence-corrected chi connectivity index (χ3v) is 5.35. The van der Waals surface area contributed by atoms with Crippen molar-refractivity contribution in [2.24, 2.45) is 10.7 Å². The van der Waals surface area contributed by atoms with Crippen molar-refractivity contribution in [3.8, 4) is 5.88 Å². The maximum Gasteiger partial charge on any atom is 0.326 e. The number of nitrogens with two attached hydrogens (primary N) is 1. The number of aromatic hydroxyl groups is 1. The highest BCUT2D eigenvalue weighted by molar-refractivity contribution is 5.57. The zero-order chi connectivity index (χ0) is 20.7. The summed E-state index contributed by atoms with van der Waals surface area (Å²) in [7, 11) is 0. The number of piperazine rings is 1. The van der Waals surface area contributed by atoms with Gasteiger partial charge in [-0.2, -0.15) is 19.6 Å². The molecule has 0 atom stereocenters. The van der Waals surface area contributed by atoms with E-state index in [1.807, 2.05) is 0 Å². The number of rotatable bonds is 5. The van der Waals surface area contributed by atoms with Gasteiger partial charge in [0.15, 0.2) is 5.65 Å². The van der Waals surface area contributed by atoms with Crippen LogP contribution >= 0.6 is 0 Å². The molecule has 12 heteroatoms. The molecule has 3 aromatic heterocycles. The molecule has 0 spiro atoms. The Morgan fingerprint density at radius 1 is 1.23 bits per heavy atom. The summed E-state index contributed by atoms with van der Waals surface area (Å²) in [6.07, 6.45) is 5.37. The van der Waals surface area contributed by atoms with Crippen LogP contribution in [0.1, 0.15) is 18.5 Å². The molecule has 0 radical (unpaired) electrons. The maximum atomic E-state index is 11.4. The van der Waals surface area contributed by atoms with Crippen LogP contribution in [0.15, 0.2) is 16.0 Å². The van der Waals surface area contributed by atoms with E-state index < -0.39 is 5.69 Å². The second-order valence-corrected chi connectivity index (χ2v) is 7.62. The molecule has 0 aromatic carbocycles. The summed E-state index contributed by atoms with van der Waals surface area (Å²) in [4.78, 5) is 34.9. The van der Waals surface area contributed by atoms with Crippen LogP contribution in [0, 0.1) is 0 Å². The topological polar surface area (TPSA) is 157 Å². The van der Waals surface area contributed by atoms with Gasteiger partial charge in [-0.25, -0.2) is 9.79 Å². The van der Waals surface area contributed by atoms with Gasteiger partial charge in [-0.1, -0.05) is 0 Å². The second kappa shape index (κ2) is 7.54. The van der Waals surface area contributed by atoms with Gasteiger partial charge in [-0.05, 0) is 18.9 Å². The molecule has 1 saturated carbocycles. The van der Waals surface area contributed by atoms with E-state index in [1.165, 1.54) is 0 Å². The van der Waals surface area contributed by atoms with Crippen molar-refractivity contribution in [2.75, 3.05) is 44.2 Å². The standard InChI is InChI=1S/C18H24N10O2/c19-3-4-26-5-7-27(8-6-26)16-23-14-11(9-13-15(29)24-18(30)22-13)10-20-28(14)17(25-16)21-12-1-2-12/h9-10,12,29H,1-8,19H2,(H2,22,24,30). The molecular weight excluding hydrogens is 388 g/mol. The predicted octanol–water partition coefficient (Wildman–Crippen LogP) is -2.46. The van der Waals surface area contributed by atoms with Crippen molar-refractivity contribution in [3.63, 3.8) is 0 Å². The molecule has 2 aliphatic rings. The summed E-state index contributed by atoms with van der Waals surface area (Å²) < 4.78 is 1.61. The van der Waals surface area contributed by atoms with Crippen molar-refractivity contribution in [1.29, 1.82) is 0 Å². The summed E-state index contributed by atoms with van der Waals surface area (Å²) in [5, 5.41) is 14.9. The smallest absolute Gasteiger partial charge is 0.326 e. The van der Waals surface area contributed by atoms with E-state index in [2.05, 4.69) is 24.9 Å². The first-order valence-corrected chi connectivity index (χ1v) is 10.1. The van der Waals surface area contributed by atoms with E-state index >= 15 is 0 Å². The molecule has 30 heavy (non-hydrogen) atoms. The van der Waals surface area contributed by atoms with Gasteiger partial charge < -0.3 is 20.7 Å². The quantitative estimate of drug-likeness (QED) is 0.359. The molecule has 5 rings (SSSR count). The second-order valence-electron chi connectivity index (χ2n) is 7.62. The van der Waals surface area contributed by atoms with E-state index in [0.29, 0.717) is 29.0 Å². The lowest BCUT2D eigenvalue weighted by molar-refractivity contribution is 0.263. The highest BCUT2D eigenvalue weighted by Crippen LogP contribution is 2.22. The Morgan fingerprint density at radius 3 is 2.70 bits per heavy atom. The van der Waals surface area contributed by atoms with Gasteiger partial charge in [0.05, 0.1) is 12.2 Å². The van der Waals surface area contributed by atoms with E-state index in [0.717, 1.165) is 45.6 Å². The van der Waals surface area contributed by atoms with Gasteiger partial charge >= 0.3 is 5.69 Å². The number of nitrogens with zero attached hydrogens (tertiary/aromatic N) is 7. The van der Waals surface area contributed by atoms with Crippen LogP contribution in [0.3, 0.4) is 0 Å². The van der Waals surface area contributed by atoms with Crippen molar-refractivity contribution in [3.05, 3.63) is 33.2 Å². The highest BCUT2D eigenvalue weighted by Gasteiger charge is 2.23. The van der Waals surface area contributed by atoms with Crippen LogP contribution < -0.4 is 27.2 Å². The molecule has 5 N–H and O–H groups in total. The number of hydrogen-bond acceptors (Lipinski definition) is 9. The van der Waals surface area contributed by atoms with Crippen LogP contribution in [-0.2, 0) is 0 Å². The summed E-state index contributed by atoms with van der Waals surface area (Å²) >= 11 is 0. The number of aromatic nitrogens is 6. The fourth-order valence-corrected chi connectivity index (χ4v) is 3.56. The number of anilines is 1. The van der Waals surface area contributed by atoms with E-state index in [9.17, 15) is 9.90 Å². The van der Waals surface area contributed by atoms with Gasteiger partial charge in [-0.3, -0.25) is 9.88 Å². The van der Waals surface area contributed by atoms with Gasteiger partial charge in [0, 0.05) is 44.5 Å². The van der Waals surface area contributed by atoms with Crippen molar-refractivity contribution in [1.82, 2.24) is 34.4 Å². The van der Waals surface area contributed by atoms with Crippen LogP contribution in [0.4, 0.5) is 5.95 Å². The van der Waals surface area contributed by atoms with Gasteiger partial charge in [0.1, 0.15) is 5.69 Å². The zero-order valence-corrected chi connectivity index (χ0v) is 16.5. The first-order valence-electron chi connectivity index (χ1n) is 10.1. The summed E-state index contributed by atoms with van der Waals surface area (Å²) in [6, 6.07) is 0.277. The molecule has 2 fully saturated rings. The third kappa shape index (κ3) is 3.66. The van der Waals surface area contributed by atoms with Crippen molar-refractivity contribution in [2.45, 2.75) is 18.9 Å². The summed E-state index contributed by atoms with van der Waals surface area (Å²) in [6.45, 7) is 4.94. The van der Waals surface area contributed by atoms with Crippen LogP contribution in [0.25, 0.3) is 11.7 Å². The Balaban J connectivity index is 1.59.